The zero-order chi connectivity index (χ0) is 25.3. The molecule has 0 radical (unpaired) electrons. The van der Waals surface area contributed by atoms with Crippen LogP contribution in [0.25, 0.3) is 5.78 Å². The summed E-state index contributed by atoms with van der Waals surface area (Å²) < 4.78 is 40.0. The van der Waals surface area contributed by atoms with E-state index in [4.69, 9.17) is 0 Å². The van der Waals surface area contributed by atoms with Crippen molar-refractivity contribution in [1.82, 2.24) is 29.4 Å². The summed E-state index contributed by atoms with van der Waals surface area (Å²) >= 11 is 0. The molecule has 2 aromatic heterocycles. The zero-order valence-electron chi connectivity index (χ0n) is 19.2. The Morgan fingerprint density at radius 1 is 1.14 bits per heavy atom. The summed E-state index contributed by atoms with van der Waals surface area (Å²) in [5.41, 5.74) is 2.56. The lowest BCUT2D eigenvalue weighted by molar-refractivity contribution is -0.384. The minimum Gasteiger partial charge on any atom is -0.340 e. The van der Waals surface area contributed by atoms with Crippen molar-refractivity contribution in [2.45, 2.75) is 39.4 Å². The van der Waals surface area contributed by atoms with Gasteiger partial charge in [-0.15, -0.1) is 5.10 Å². The van der Waals surface area contributed by atoms with E-state index in [1.54, 1.807) is 30.9 Å². The van der Waals surface area contributed by atoms with Crippen molar-refractivity contribution in [2.24, 2.45) is 0 Å². The van der Waals surface area contributed by atoms with Crippen molar-refractivity contribution in [2.75, 3.05) is 26.2 Å². The SMILES string of the molecule is Cc1nc2nc(C(F)(F)F)nn2c(C)c1CCC(=O)N1CCN(Cc2cccc([N+](=O)[O-])c2)CC1. The molecule has 0 unspecified atom stereocenters. The third kappa shape index (κ3) is 5.39. The van der Waals surface area contributed by atoms with Gasteiger partial charge in [0.2, 0.25) is 5.91 Å². The first-order valence-electron chi connectivity index (χ1n) is 11.1. The summed E-state index contributed by atoms with van der Waals surface area (Å²) in [6.45, 7) is 6.22. The second kappa shape index (κ2) is 9.56. The lowest BCUT2D eigenvalue weighted by Gasteiger charge is -2.34. The summed E-state index contributed by atoms with van der Waals surface area (Å²) in [6, 6.07) is 6.51. The van der Waals surface area contributed by atoms with Crippen molar-refractivity contribution < 1.29 is 22.9 Å². The minimum atomic E-state index is -4.67. The second-order valence-corrected chi connectivity index (χ2v) is 8.49. The normalized spacial score (nSPS) is 15.1. The third-order valence-electron chi connectivity index (χ3n) is 6.14. The number of alkyl halides is 3. The molecule has 0 atom stereocenters. The Kier molecular flexibility index (Phi) is 6.70. The number of nitrogens with zero attached hydrogens (tertiary/aromatic N) is 7. The van der Waals surface area contributed by atoms with Crippen molar-refractivity contribution >= 4 is 17.4 Å². The maximum atomic E-state index is 13.0. The highest BCUT2D eigenvalue weighted by Gasteiger charge is 2.37. The van der Waals surface area contributed by atoms with Crippen LogP contribution in [0.5, 0.6) is 0 Å². The number of piperazine rings is 1. The number of non-ortho nitro benzene ring substituents is 1. The lowest BCUT2D eigenvalue weighted by Crippen LogP contribution is -2.48. The highest BCUT2D eigenvalue weighted by atomic mass is 19.4. The molecule has 0 N–H and O–H groups in total. The Morgan fingerprint density at radius 3 is 2.51 bits per heavy atom. The quantitative estimate of drug-likeness (QED) is 0.385. The van der Waals surface area contributed by atoms with Crippen LogP contribution in [0.1, 0.15) is 34.8 Å². The predicted molar refractivity (Wildman–Crippen MR) is 119 cm³/mol. The lowest BCUT2D eigenvalue weighted by atomic mass is 10.1. The number of rotatable bonds is 6. The zero-order valence-corrected chi connectivity index (χ0v) is 19.2. The monoisotopic (exact) mass is 491 g/mol. The molecule has 186 valence electrons. The average molecular weight is 491 g/mol. The first kappa shape index (κ1) is 24.5. The molecule has 1 aliphatic heterocycles. The number of hydrogen-bond acceptors (Lipinski definition) is 7. The van der Waals surface area contributed by atoms with Crippen LogP contribution in [0.3, 0.4) is 0 Å². The number of nitro benzene ring substituents is 1. The van der Waals surface area contributed by atoms with Crippen molar-refractivity contribution in [3.05, 3.63) is 62.7 Å². The van der Waals surface area contributed by atoms with Crippen LogP contribution in [-0.4, -0.2) is 66.4 Å². The number of carbonyl (C=O) groups is 1. The summed E-state index contributed by atoms with van der Waals surface area (Å²) in [7, 11) is 0. The van der Waals surface area contributed by atoms with Crippen LogP contribution in [0.4, 0.5) is 18.9 Å². The highest BCUT2D eigenvalue weighted by Crippen LogP contribution is 2.27. The molecular formula is C22H24F3N7O3. The predicted octanol–water partition coefficient (Wildman–Crippen LogP) is 2.95. The van der Waals surface area contributed by atoms with E-state index in [0.29, 0.717) is 56.1 Å². The largest absolute Gasteiger partial charge is 0.453 e. The Morgan fingerprint density at radius 2 is 1.86 bits per heavy atom. The fourth-order valence-corrected chi connectivity index (χ4v) is 4.26. The molecule has 1 aromatic carbocycles. The van der Waals surface area contributed by atoms with E-state index in [1.165, 1.54) is 6.07 Å². The fourth-order valence-electron chi connectivity index (χ4n) is 4.26. The summed E-state index contributed by atoms with van der Waals surface area (Å²) in [5.74, 6) is -1.42. The van der Waals surface area contributed by atoms with E-state index >= 15 is 0 Å². The summed E-state index contributed by atoms with van der Waals surface area (Å²) in [4.78, 5) is 34.9. The van der Waals surface area contributed by atoms with Crippen LogP contribution in [-0.2, 0) is 23.9 Å². The molecule has 0 spiro atoms. The standard InChI is InChI=1S/C22H24F3N7O3/c1-14-18(15(2)31-21(26-14)27-20(28-31)22(23,24)25)6-7-19(33)30-10-8-29(9-11-30)13-16-4-3-5-17(12-16)32(34)35/h3-5,12H,6-11,13H2,1-2H3. The van der Waals surface area contributed by atoms with E-state index in [2.05, 4.69) is 20.0 Å². The molecule has 35 heavy (non-hydrogen) atoms. The van der Waals surface area contributed by atoms with Gasteiger partial charge in [0, 0.05) is 62.7 Å². The number of nitro groups is 1. The van der Waals surface area contributed by atoms with Gasteiger partial charge in [-0.3, -0.25) is 19.8 Å². The molecule has 1 fully saturated rings. The van der Waals surface area contributed by atoms with Gasteiger partial charge >= 0.3 is 6.18 Å². The van der Waals surface area contributed by atoms with Gasteiger partial charge < -0.3 is 4.90 Å². The van der Waals surface area contributed by atoms with Gasteiger partial charge in [-0.25, -0.2) is 9.50 Å². The van der Waals surface area contributed by atoms with Gasteiger partial charge in [0.1, 0.15) is 0 Å². The summed E-state index contributed by atoms with van der Waals surface area (Å²) in [5, 5.41) is 14.5. The molecule has 10 nitrogen and oxygen atoms in total. The number of aromatic nitrogens is 4. The molecule has 0 bridgehead atoms. The number of amides is 1. The van der Waals surface area contributed by atoms with E-state index < -0.39 is 16.9 Å². The van der Waals surface area contributed by atoms with Crippen LogP contribution in [0, 0.1) is 24.0 Å². The third-order valence-corrected chi connectivity index (χ3v) is 6.14. The Bertz CT molecular complexity index is 1270. The van der Waals surface area contributed by atoms with E-state index in [0.717, 1.165) is 10.1 Å². The molecule has 1 saturated heterocycles. The number of fused-ring (bicyclic) bond motifs is 1. The number of carbonyl (C=O) groups excluding carboxylic acids is 1. The first-order valence-corrected chi connectivity index (χ1v) is 11.1. The van der Waals surface area contributed by atoms with Gasteiger partial charge in [0.05, 0.1) is 4.92 Å². The number of benzene rings is 1. The molecular weight excluding hydrogens is 467 g/mol. The van der Waals surface area contributed by atoms with Crippen molar-refractivity contribution in [3.63, 3.8) is 0 Å². The molecule has 0 aliphatic carbocycles. The van der Waals surface area contributed by atoms with E-state index in [1.807, 2.05) is 6.07 Å². The van der Waals surface area contributed by atoms with Crippen LogP contribution in [0.2, 0.25) is 0 Å². The summed E-state index contributed by atoms with van der Waals surface area (Å²) in [6.07, 6.45) is -4.14. The first-order chi connectivity index (χ1) is 16.5. The van der Waals surface area contributed by atoms with Gasteiger partial charge in [-0.05, 0) is 31.4 Å². The van der Waals surface area contributed by atoms with Crippen molar-refractivity contribution in [1.29, 1.82) is 0 Å². The second-order valence-electron chi connectivity index (χ2n) is 8.49. The molecule has 13 heteroatoms. The number of halogens is 3. The minimum absolute atomic E-state index is 0.0477. The molecule has 0 saturated carbocycles. The molecule has 1 aliphatic rings. The van der Waals surface area contributed by atoms with E-state index in [-0.39, 0.29) is 23.8 Å². The van der Waals surface area contributed by atoms with Gasteiger partial charge in [-0.1, -0.05) is 12.1 Å². The molecule has 3 aromatic rings. The van der Waals surface area contributed by atoms with Gasteiger partial charge in [-0.2, -0.15) is 18.2 Å². The number of aryl methyl sites for hydroxylation is 2. The molecule has 1 amide bonds. The average Bonchev–Trinajstić information content (AvgIpc) is 3.24. The highest BCUT2D eigenvalue weighted by molar-refractivity contribution is 5.76. The fraction of sp³-hybridized carbons (Fsp3) is 0.455. The smallest absolute Gasteiger partial charge is 0.340 e. The van der Waals surface area contributed by atoms with Gasteiger partial charge in [0.25, 0.3) is 17.3 Å². The maximum Gasteiger partial charge on any atom is 0.453 e. The van der Waals surface area contributed by atoms with Crippen LogP contribution in [0.15, 0.2) is 24.3 Å². The van der Waals surface area contributed by atoms with E-state index in [9.17, 15) is 28.1 Å². The number of hydrogen-bond donors (Lipinski definition) is 0. The molecule has 4 rings (SSSR count). The Labute approximate surface area is 198 Å². The topological polar surface area (TPSA) is 110 Å². The van der Waals surface area contributed by atoms with Gasteiger partial charge in [0.15, 0.2) is 0 Å². The maximum absolute atomic E-state index is 13.0. The Balaban J connectivity index is 1.35. The van der Waals surface area contributed by atoms with Crippen molar-refractivity contribution in [3.8, 4) is 0 Å². The van der Waals surface area contributed by atoms with Crippen LogP contribution < -0.4 is 0 Å². The molecule has 3 heterocycles. The Hall–Kier alpha value is -3.61. The van der Waals surface area contributed by atoms with Crippen LogP contribution >= 0.6 is 0 Å².